The zero-order chi connectivity index (χ0) is 9.84. The molecule has 4 N–H and O–H groups in total. The van der Waals surface area contributed by atoms with Crippen LogP contribution in [0.2, 0.25) is 0 Å². The lowest BCUT2D eigenvalue weighted by Gasteiger charge is -2.22. The highest BCUT2D eigenvalue weighted by molar-refractivity contribution is 5.71. The Labute approximate surface area is 77.1 Å². The van der Waals surface area contributed by atoms with Gasteiger partial charge in [-0.25, -0.2) is 10.6 Å². The van der Waals surface area contributed by atoms with Gasteiger partial charge in [-0.05, 0) is 12.5 Å². The summed E-state index contributed by atoms with van der Waals surface area (Å²) in [5, 5.41) is 1.01. The Morgan fingerprint density at radius 1 is 1.38 bits per heavy atom. The largest absolute Gasteiger partial charge is 0.350 e. The van der Waals surface area contributed by atoms with Crippen LogP contribution in [0, 0.1) is 0 Å². The maximum absolute atomic E-state index is 10.7. The van der Waals surface area contributed by atoms with Crippen molar-refractivity contribution >= 4 is 6.03 Å². The van der Waals surface area contributed by atoms with Crippen LogP contribution in [0.25, 0.3) is 0 Å². The van der Waals surface area contributed by atoms with Crippen LogP contribution >= 0.6 is 0 Å². The Kier molecular flexibility index (Phi) is 2.87. The van der Waals surface area contributed by atoms with Crippen molar-refractivity contribution in [2.75, 3.05) is 0 Å². The second-order valence-electron chi connectivity index (χ2n) is 2.83. The number of carbonyl (C=O) groups excluding carboxylic acids is 1. The number of carbonyl (C=O) groups is 1. The average molecular weight is 179 g/mol. The van der Waals surface area contributed by atoms with Crippen molar-refractivity contribution in [1.29, 1.82) is 0 Å². The van der Waals surface area contributed by atoms with Gasteiger partial charge < -0.3 is 5.73 Å². The first-order valence-corrected chi connectivity index (χ1v) is 4.01. The Morgan fingerprint density at radius 2 is 1.92 bits per heavy atom. The summed E-state index contributed by atoms with van der Waals surface area (Å²) in [5.74, 6) is 5.45. The minimum absolute atomic E-state index is 0.196. The third-order valence-corrected chi connectivity index (χ3v) is 1.95. The smallest absolute Gasteiger partial charge is 0.329 e. The molecule has 0 spiro atoms. The Hall–Kier alpha value is -1.55. The van der Waals surface area contributed by atoms with Crippen LogP contribution in [0.15, 0.2) is 30.3 Å². The van der Waals surface area contributed by atoms with E-state index in [4.69, 9.17) is 11.6 Å². The maximum Gasteiger partial charge on any atom is 0.329 e. The van der Waals surface area contributed by atoms with Crippen LogP contribution in [-0.2, 0) is 0 Å². The third-order valence-electron chi connectivity index (χ3n) is 1.95. The molecular formula is C9H13N3O. The molecule has 0 unspecified atom stereocenters. The van der Waals surface area contributed by atoms with Crippen molar-refractivity contribution in [3.63, 3.8) is 0 Å². The van der Waals surface area contributed by atoms with E-state index in [1.54, 1.807) is 0 Å². The molecule has 0 fully saturated rings. The fourth-order valence-electron chi connectivity index (χ4n) is 1.08. The number of benzene rings is 1. The summed E-state index contributed by atoms with van der Waals surface area (Å²) in [6.45, 7) is 1.82. The standard InChI is InChI=1S/C9H13N3O/c1-7(12(11)9(10)13)8-5-3-2-4-6-8/h2-7H,11H2,1H3,(H2,10,13)/t7-/m1/s1. The van der Waals surface area contributed by atoms with Gasteiger partial charge in [0.25, 0.3) is 0 Å². The SMILES string of the molecule is C[C@H](c1ccccc1)N(N)C(N)=O. The van der Waals surface area contributed by atoms with E-state index in [9.17, 15) is 4.79 Å². The van der Waals surface area contributed by atoms with Gasteiger partial charge in [-0.3, -0.25) is 5.01 Å². The minimum atomic E-state index is -0.628. The van der Waals surface area contributed by atoms with Crippen LogP contribution < -0.4 is 11.6 Å². The highest BCUT2D eigenvalue weighted by Crippen LogP contribution is 2.15. The Morgan fingerprint density at radius 3 is 2.38 bits per heavy atom. The van der Waals surface area contributed by atoms with Gasteiger partial charge in [0.2, 0.25) is 0 Å². The third kappa shape index (κ3) is 2.19. The van der Waals surface area contributed by atoms with Crippen LogP contribution in [0.1, 0.15) is 18.5 Å². The quantitative estimate of drug-likeness (QED) is 0.404. The fourth-order valence-corrected chi connectivity index (χ4v) is 1.08. The molecule has 0 heterocycles. The number of hydrazine groups is 1. The molecule has 1 aromatic rings. The highest BCUT2D eigenvalue weighted by atomic mass is 16.2. The first-order valence-electron chi connectivity index (χ1n) is 4.01. The molecule has 0 bridgehead atoms. The monoisotopic (exact) mass is 179 g/mol. The van der Waals surface area contributed by atoms with E-state index in [-0.39, 0.29) is 6.04 Å². The lowest BCUT2D eigenvalue weighted by molar-refractivity contribution is 0.190. The summed E-state index contributed by atoms with van der Waals surface area (Å²) >= 11 is 0. The molecule has 1 rings (SSSR count). The topological polar surface area (TPSA) is 72.3 Å². The summed E-state index contributed by atoms with van der Waals surface area (Å²) in [5.41, 5.74) is 6.00. The lowest BCUT2D eigenvalue weighted by atomic mass is 10.1. The van der Waals surface area contributed by atoms with Crippen molar-refractivity contribution in [1.82, 2.24) is 5.01 Å². The molecule has 0 aliphatic rings. The number of nitrogens with two attached hydrogens (primary N) is 2. The molecule has 0 saturated carbocycles. The summed E-state index contributed by atoms with van der Waals surface area (Å²) in [4.78, 5) is 10.7. The number of amides is 2. The molecule has 1 atom stereocenters. The van der Waals surface area contributed by atoms with Crippen molar-refractivity contribution in [3.8, 4) is 0 Å². The number of nitrogens with zero attached hydrogens (tertiary/aromatic N) is 1. The zero-order valence-electron chi connectivity index (χ0n) is 7.47. The summed E-state index contributed by atoms with van der Waals surface area (Å²) in [6, 6.07) is 8.65. The minimum Gasteiger partial charge on any atom is -0.350 e. The first kappa shape index (κ1) is 9.54. The van der Waals surface area contributed by atoms with E-state index >= 15 is 0 Å². The Balaban J connectivity index is 2.79. The lowest BCUT2D eigenvalue weighted by Crippen LogP contribution is -2.43. The van der Waals surface area contributed by atoms with Gasteiger partial charge in [-0.2, -0.15) is 0 Å². The number of hydrogen-bond donors (Lipinski definition) is 2. The molecule has 0 saturated heterocycles. The summed E-state index contributed by atoms with van der Waals surface area (Å²) < 4.78 is 0. The summed E-state index contributed by atoms with van der Waals surface area (Å²) in [6.07, 6.45) is 0. The molecule has 70 valence electrons. The fraction of sp³-hybridized carbons (Fsp3) is 0.222. The number of urea groups is 1. The molecule has 0 radical (unpaired) electrons. The maximum atomic E-state index is 10.7. The van der Waals surface area contributed by atoms with Gasteiger partial charge in [0.1, 0.15) is 0 Å². The normalized spacial score (nSPS) is 12.2. The number of rotatable bonds is 2. The molecule has 0 aliphatic heterocycles. The van der Waals surface area contributed by atoms with Gasteiger partial charge in [-0.15, -0.1) is 0 Å². The molecular weight excluding hydrogens is 166 g/mol. The van der Waals surface area contributed by atoms with Crippen LogP contribution in [-0.4, -0.2) is 11.0 Å². The second kappa shape index (κ2) is 3.91. The van der Waals surface area contributed by atoms with Crippen molar-refractivity contribution in [3.05, 3.63) is 35.9 Å². The predicted octanol–water partition coefficient (Wildman–Crippen LogP) is 1.00. The average Bonchev–Trinajstić information content (AvgIpc) is 2.17. The molecule has 4 nitrogen and oxygen atoms in total. The molecule has 1 aromatic carbocycles. The molecule has 13 heavy (non-hydrogen) atoms. The summed E-state index contributed by atoms with van der Waals surface area (Å²) in [7, 11) is 0. The van der Waals surface area contributed by atoms with Gasteiger partial charge in [0, 0.05) is 0 Å². The molecule has 2 amide bonds. The molecule has 0 aromatic heterocycles. The Bertz CT molecular complexity index is 286. The zero-order valence-corrected chi connectivity index (χ0v) is 7.47. The first-order chi connectivity index (χ1) is 6.13. The van der Waals surface area contributed by atoms with E-state index in [0.717, 1.165) is 10.6 Å². The molecule has 0 aliphatic carbocycles. The van der Waals surface area contributed by atoms with E-state index in [1.165, 1.54) is 0 Å². The predicted molar refractivity (Wildman–Crippen MR) is 50.5 cm³/mol. The van der Waals surface area contributed by atoms with Gasteiger partial charge >= 0.3 is 6.03 Å². The number of primary amides is 1. The van der Waals surface area contributed by atoms with Gasteiger partial charge in [0.15, 0.2) is 0 Å². The van der Waals surface area contributed by atoms with Crippen molar-refractivity contribution in [2.24, 2.45) is 11.6 Å². The van der Waals surface area contributed by atoms with Crippen molar-refractivity contribution in [2.45, 2.75) is 13.0 Å². The van der Waals surface area contributed by atoms with Crippen LogP contribution in [0.4, 0.5) is 4.79 Å². The second-order valence-corrected chi connectivity index (χ2v) is 2.83. The number of hydrogen-bond acceptors (Lipinski definition) is 2. The van der Waals surface area contributed by atoms with E-state index in [0.29, 0.717) is 0 Å². The molecule has 4 heteroatoms. The van der Waals surface area contributed by atoms with Crippen molar-refractivity contribution < 1.29 is 4.79 Å². The highest BCUT2D eigenvalue weighted by Gasteiger charge is 2.14. The van der Waals surface area contributed by atoms with E-state index in [2.05, 4.69) is 0 Å². The van der Waals surface area contributed by atoms with Gasteiger partial charge in [0.05, 0.1) is 6.04 Å². The van der Waals surface area contributed by atoms with E-state index in [1.807, 2.05) is 37.3 Å². The van der Waals surface area contributed by atoms with Gasteiger partial charge in [-0.1, -0.05) is 30.3 Å². The van der Waals surface area contributed by atoms with Crippen LogP contribution in [0.5, 0.6) is 0 Å². The van der Waals surface area contributed by atoms with E-state index < -0.39 is 6.03 Å². The van der Waals surface area contributed by atoms with Crippen LogP contribution in [0.3, 0.4) is 0 Å².